The Kier molecular flexibility index (Phi) is 2.77. The van der Waals surface area contributed by atoms with Gasteiger partial charge in [-0.25, -0.2) is 9.97 Å². The van der Waals surface area contributed by atoms with Crippen LogP contribution in [0.4, 0.5) is 11.5 Å². The zero-order chi connectivity index (χ0) is 13.4. The maximum atomic E-state index is 5.53. The third-order valence-corrected chi connectivity index (χ3v) is 3.83. The standard InChI is InChI=1S/C15H16N4O/c1-2-14-10(4-6-20-14)7-11(1)19-15-12-8-16-5-3-13(12)17-9-18-15/h1-2,7,9,16H,3-6,8H2,(H,17,18,19). The van der Waals surface area contributed by atoms with Crippen molar-refractivity contribution in [3.8, 4) is 5.75 Å². The summed E-state index contributed by atoms with van der Waals surface area (Å²) in [5, 5.41) is 6.78. The lowest BCUT2D eigenvalue weighted by molar-refractivity contribution is 0.357. The Labute approximate surface area is 117 Å². The van der Waals surface area contributed by atoms with Crippen molar-refractivity contribution in [1.82, 2.24) is 15.3 Å². The van der Waals surface area contributed by atoms with Crippen molar-refractivity contribution in [1.29, 1.82) is 0 Å². The highest BCUT2D eigenvalue weighted by atomic mass is 16.5. The first-order valence-corrected chi connectivity index (χ1v) is 6.96. The molecule has 0 spiro atoms. The van der Waals surface area contributed by atoms with Gasteiger partial charge in [0.2, 0.25) is 0 Å². The molecule has 2 aliphatic heterocycles. The fourth-order valence-corrected chi connectivity index (χ4v) is 2.78. The van der Waals surface area contributed by atoms with E-state index in [-0.39, 0.29) is 0 Å². The topological polar surface area (TPSA) is 59.1 Å². The zero-order valence-corrected chi connectivity index (χ0v) is 11.1. The molecule has 2 aromatic rings. The number of nitrogens with one attached hydrogen (secondary N) is 2. The second kappa shape index (κ2) is 4.76. The van der Waals surface area contributed by atoms with Gasteiger partial charge in [-0.2, -0.15) is 0 Å². The molecule has 0 aliphatic carbocycles. The van der Waals surface area contributed by atoms with Crippen LogP contribution in [0.15, 0.2) is 24.5 Å². The van der Waals surface area contributed by atoms with Crippen LogP contribution in [0, 0.1) is 0 Å². The summed E-state index contributed by atoms with van der Waals surface area (Å²) in [5.74, 6) is 1.91. The number of anilines is 2. The fourth-order valence-electron chi connectivity index (χ4n) is 2.78. The van der Waals surface area contributed by atoms with Crippen molar-refractivity contribution in [2.75, 3.05) is 18.5 Å². The van der Waals surface area contributed by atoms with Crippen LogP contribution in [0.1, 0.15) is 16.8 Å². The number of nitrogens with zero attached hydrogens (tertiary/aromatic N) is 2. The van der Waals surface area contributed by atoms with Crippen LogP contribution in [0.2, 0.25) is 0 Å². The van der Waals surface area contributed by atoms with Crippen LogP contribution in [-0.4, -0.2) is 23.1 Å². The van der Waals surface area contributed by atoms with E-state index in [0.717, 1.165) is 55.5 Å². The summed E-state index contributed by atoms with van der Waals surface area (Å²) in [5.41, 5.74) is 4.64. The SMILES string of the molecule is c1nc2c(c(Nc3ccc4c(c3)CCO4)n1)CNCC2. The molecule has 0 fully saturated rings. The van der Waals surface area contributed by atoms with Crippen molar-refractivity contribution in [3.05, 3.63) is 41.3 Å². The molecule has 4 rings (SSSR count). The molecular weight excluding hydrogens is 252 g/mol. The molecule has 20 heavy (non-hydrogen) atoms. The van der Waals surface area contributed by atoms with E-state index >= 15 is 0 Å². The van der Waals surface area contributed by atoms with Gasteiger partial charge in [0.1, 0.15) is 17.9 Å². The third kappa shape index (κ3) is 2.00. The minimum atomic E-state index is 0.783. The Balaban J connectivity index is 1.66. The smallest absolute Gasteiger partial charge is 0.138 e. The highest BCUT2D eigenvalue weighted by Gasteiger charge is 2.16. The van der Waals surface area contributed by atoms with Gasteiger partial charge in [0.25, 0.3) is 0 Å². The maximum absolute atomic E-state index is 5.53. The lowest BCUT2D eigenvalue weighted by Gasteiger charge is -2.19. The van der Waals surface area contributed by atoms with E-state index in [1.807, 2.05) is 12.1 Å². The number of aromatic nitrogens is 2. The van der Waals surface area contributed by atoms with E-state index in [9.17, 15) is 0 Å². The van der Waals surface area contributed by atoms with Crippen molar-refractivity contribution >= 4 is 11.5 Å². The second-order valence-electron chi connectivity index (χ2n) is 5.12. The Morgan fingerprint density at radius 3 is 3.20 bits per heavy atom. The molecule has 3 heterocycles. The first kappa shape index (κ1) is 11.7. The van der Waals surface area contributed by atoms with Crippen molar-refractivity contribution < 1.29 is 4.74 Å². The molecule has 2 aliphatic rings. The quantitative estimate of drug-likeness (QED) is 0.869. The van der Waals surface area contributed by atoms with Crippen molar-refractivity contribution in [2.24, 2.45) is 0 Å². The average molecular weight is 268 g/mol. The van der Waals surface area contributed by atoms with E-state index in [1.165, 1.54) is 11.1 Å². The summed E-state index contributed by atoms with van der Waals surface area (Å²) in [6, 6.07) is 6.21. The predicted molar refractivity (Wildman–Crippen MR) is 76.4 cm³/mol. The molecule has 0 amide bonds. The van der Waals surface area contributed by atoms with Gasteiger partial charge < -0.3 is 15.4 Å². The van der Waals surface area contributed by atoms with Crippen LogP contribution >= 0.6 is 0 Å². The van der Waals surface area contributed by atoms with E-state index < -0.39 is 0 Å². The van der Waals surface area contributed by atoms with E-state index in [2.05, 4.69) is 26.7 Å². The normalized spacial score (nSPS) is 16.2. The first-order valence-electron chi connectivity index (χ1n) is 6.96. The number of hydrogen-bond acceptors (Lipinski definition) is 5. The molecule has 0 unspecified atom stereocenters. The van der Waals surface area contributed by atoms with Gasteiger partial charge >= 0.3 is 0 Å². The number of benzene rings is 1. The number of rotatable bonds is 2. The summed E-state index contributed by atoms with van der Waals surface area (Å²) < 4.78 is 5.53. The van der Waals surface area contributed by atoms with Gasteiger partial charge in [0.15, 0.2) is 0 Å². The molecule has 2 N–H and O–H groups in total. The van der Waals surface area contributed by atoms with Crippen LogP contribution in [0.5, 0.6) is 5.75 Å². The van der Waals surface area contributed by atoms with Crippen LogP contribution in [0.25, 0.3) is 0 Å². The van der Waals surface area contributed by atoms with Gasteiger partial charge in [0.05, 0.1) is 12.3 Å². The summed E-state index contributed by atoms with van der Waals surface area (Å²) >= 11 is 0. The largest absolute Gasteiger partial charge is 0.493 e. The number of hydrogen-bond donors (Lipinski definition) is 2. The average Bonchev–Trinajstić information content (AvgIpc) is 2.95. The molecule has 0 radical (unpaired) electrons. The van der Waals surface area contributed by atoms with E-state index in [4.69, 9.17) is 4.74 Å². The zero-order valence-electron chi connectivity index (χ0n) is 11.1. The molecule has 5 heteroatoms. The Morgan fingerprint density at radius 1 is 1.20 bits per heavy atom. The summed E-state index contributed by atoms with van der Waals surface area (Å²) in [4.78, 5) is 8.76. The third-order valence-electron chi connectivity index (χ3n) is 3.83. The van der Waals surface area contributed by atoms with Crippen LogP contribution in [-0.2, 0) is 19.4 Å². The predicted octanol–water partition coefficient (Wildman–Crippen LogP) is 1.80. The van der Waals surface area contributed by atoms with E-state index in [1.54, 1.807) is 6.33 Å². The lowest BCUT2D eigenvalue weighted by atomic mass is 10.1. The lowest BCUT2D eigenvalue weighted by Crippen LogP contribution is -2.25. The molecule has 0 atom stereocenters. The number of ether oxygens (including phenoxy) is 1. The van der Waals surface area contributed by atoms with Gasteiger partial charge in [-0.3, -0.25) is 0 Å². The maximum Gasteiger partial charge on any atom is 0.138 e. The molecule has 1 aromatic heterocycles. The Bertz CT molecular complexity index is 656. The first-order chi connectivity index (χ1) is 9.90. The molecule has 0 saturated carbocycles. The molecular formula is C15H16N4O. The van der Waals surface area contributed by atoms with Crippen molar-refractivity contribution in [2.45, 2.75) is 19.4 Å². The molecule has 1 aromatic carbocycles. The second-order valence-corrected chi connectivity index (χ2v) is 5.12. The fraction of sp³-hybridized carbons (Fsp3) is 0.333. The van der Waals surface area contributed by atoms with E-state index in [0.29, 0.717) is 0 Å². The highest BCUT2D eigenvalue weighted by molar-refractivity contribution is 5.62. The Hall–Kier alpha value is -2.14. The highest BCUT2D eigenvalue weighted by Crippen LogP contribution is 2.30. The molecule has 5 nitrogen and oxygen atoms in total. The van der Waals surface area contributed by atoms with Gasteiger partial charge in [-0.1, -0.05) is 0 Å². The summed E-state index contributed by atoms with van der Waals surface area (Å²) in [7, 11) is 0. The Morgan fingerprint density at radius 2 is 2.20 bits per heavy atom. The minimum Gasteiger partial charge on any atom is -0.493 e. The molecule has 0 saturated heterocycles. The van der Waals surface area contributed by atoms with Gasteiger partial charge in [-0.05, 0) is 23.8 Å². The van der Waals surface area contributed by atoms with Gasteiger partial charge in [0, 0.05) is 37.2 Å². The monoisotopic (exact) mass is 268 g/mol. The van der Waals surface area contributed by atoms with Crippen LogP contribution < -0.4 is 15.4 Å². The van der Waals surface area contributed by atoms with Crippen LogP contribution in [0.3, 0.4) is 0 Å². The summed E-state index contributed by atoms with van der Waals surface area (Å²) in [6.07, 6.45) is 3.59. The molecule has 102 valence electrons. The molecule has 0 bridgehead atoms. The minimum absolute atomic E-state index is 0.783. The number of fused-ring (bicyclic) bond motifs is 2. The van der Waals surface area contributed by atoms with Crippen molar-refractivity contribution in [3.63, 3.8) is 0 Å². The summed E-state index contributed by atoms with van der Waals surface area (Å²) in [6.45, 7) is 2.60. The van der Waals surface area contributed by atoms with Gasteiger partial charge in [-0.15, -0.1) is 0 Å².